The first-order chi connectivity index (χ1) is 9.16. The van der Waals surface area contributed by atoms with Gasteiger partial charge in [0.25, 0.3) is 0 Å². The number of likely N-dealkylation sites (tertiary alicyclic amines) is 1. The molecule has 0 bridgehead atoms. The van der Waals surface area contributed by atoms with E-state index in [2.05, 4.69) is 54.4 Å². The van der Waals surface area contributed by atoms with Gasteiger partial charge in [-0.05, 0) is 43.3 Å². The third-order valence-corrected chi connectivity index (χ3v) is 4.21. The van der Waals surface area contributed by atoms with Crippen LogP contribution in [0, 0.1) is 5.41 Å². The van der Waals surface area contributed by atoms with Crippen molar-refractivity contribution in [1.29, 1.82) is 0 Å². The van der Waals surface area contributed by atoms with Gasteiger partial charge >= 0.3 is 0 Å². The first-order valence-electron chi connectivity index (χ1n) is 7.63. The molecule has 1 aliphatic heterocycles. The average Bonchev–Trinajstić information content (AvgIpc) is 2.57. The summed E-state index contributed by atoms with van der Waals surface area (Å²) in [5.74, 6) is 0. The molecule has 1 fully saturated rings. The SMILES string of the molecule is CC1(C)CCCN(CCNCc2ccccc2)CC1. The molecule has 0 aromatic heterocycles. The summed E-state index contributed by atoms with van der Waals surface area (Å²) in [6.07, 6.45) is 4.07. The Balaban J connectivity index is 1.63. The Morgan fingerprint density at radius 2 is 1.89 bits per heavy atom. The number of hydrogen-bond donors (Lipinski definition) is 1. The standard InChI is InChI=1S/C17H28N2/c1-17(2)9-6-12-19(13-10-17)14-11-18-15-16-7-4-3-5-8-16/h3-5,7-8,18H,6,9-15H2,1-2H3. The predicted octanol–water partition coefficient (Wildman–Crippen LogP) is 3.29. The minimum Gasteiger partial charge on any atom is -0.311 e. The van der Waals surface area contributed by atoms with Crippen molar-refractivity contribution in [3.8, 4) is 0 Å². The summed E-state index contributed by atoms with van der Waals surface area (Å²) >= 11 is 0. The minimum absolute atomic E-state index is 0.548. The summed E-state index contributed by atoms with van der Waals surface area (Å²) in [6, 6.07) is 10.6. The Labute approximate surface area is 118 Å². The van der Waals surface area contributed by atoms with Crippen molar-refractivity contribution in [2.45, 2.75) is 39.7 Å². The summed E-state index contributed by atoms with van der Waals surface area (Å²) in [6.45, 7) is 10.6. The maximum atomic E-state index is 3.55. The Morgan fingerprint density at radius 1 is 1.11 bits per heavy atom. The van der Waals surface area contributed by atoms with E-state index in [-0.39, 0.29) is 0 Å². The van der Waals surface area contributed by atoms with E-state index in [1.54, 1.807) is 0 Å². The highest BCUT2D eigenvalue weighted by molar-refractivity contribution is 5.14. The van der Waals surface area contributed by atoms with Crippen molar-refractivity contribution in [3.63, 3.8) is 0 Å². The molecule has 0 unspecified atom stereocenters. The van der Waals surface area contributed by atoms with E-state index in [4.69, 9.17) is 0 Å². The van der Waals surface area contributed by atoms with Crippen molar-refractivity contribution >= 4 is 0 Å². The van der Waals surface area contributed by atoms with Gasteiger partial charge in [-0.1, -0.05) is 44.2 Å². The molecule has 19 heavy (non-hydrogen) atoms. The van der Waals surface area contributed by atoms with E-state index in [1.165, 1.54) is 44.5 Å². The van der Waals surface area contributed by atoms with Gasteiger partial charge < -0.3 is 10.2 Å². The van der Waals surface area contributed by atoms with Crippen LogP contribution >= 0.6 is 0 Å². The molecular weight excluding hydrogens is 232 g/mol. The molecule has 0 radical (unpaired) electrons. The summed E-state index contributed by atoms with van der Waals surface area (Å²) < 4.78 is 0. The number of rotatable bonds is 5. The van der Waals surface area contributed by atoms with E-state index in [1.807, 2.05) is 0 Å². The molecular formula is C17H28N2. The Hall–Kier alpha value is -0.860. The number of hydrogen-bond acceptors (Lipinski definition) is 2. The van der Waals surface area contributed by atoms with Crippen LogP contribution in [0.25, 0.3) is 0 Å². The fraction of sp³-hybridized carbons (Fsp3) is 0.647. The van der Waals surface area contributed by atoms with Crippen LogP contribution in [0.5, 0.6) is 0 Å². The lowest BCUT2D eigenvalue weighted by molar-refractivity contribution is 0.262. The summed E-state index contributed by atoms with van der Waals surface area (Å²) in [5, 5.41) is 3.55. The lowest BCUT2D eigenvalue weighted by Crippen LogP contribution is -2.33. The molecule has 1 heterocycles. The first-order valence-corrected chi connectivity index (χ1v) is 7.63. The van der Waals surface area contributed by atoms with Crippen LogP contribution in [-0.4, -0.2) is 31.1 Å². The summed E-state index contributed by atoms with van der Waals surface area (Å²) in [4.78, 5) is 2.62. The van der Waals surface area contributed by atoms with Crippen LogP contribution in [0.4, 0.5) is 0 Å². The summed E-state index contributed by atoms with van der Waals surface area (Å²) in [5.41, 5.74) is 1.92. The van der Waals surface area contributed by atoms with Crippen molar-refractivity contribution < 1.29 is 0 Å². The smallest absolute Gasteiger partial charge is 0.0206 e. The topological polar surface area (TPSA) is 15.3 Å². The van der Waals surface area contributed by atoms with Crippen LogP contribution in [-0.2, 0) is 6.54 Å². The molecule has 2 heteroatoms. The second kappa shape index (κ2) is 7.06. The minimum atomic E-state index is 0.548. The molecule has 1 aliphatic rings. The van der Waals surface area contributed by atoms with Crippen LogP contribution in [0.2, 0.25) is 0 Å². The van der Waals surface area contributed by atoms with Gasteiger partial charge in [-0.3, -0.25) is 0 Å². The molecule has 0 saturated carbocycles. The average molecular weight is 260 g/mol. The second-order valence-electron chi connectivity index (χ2n) is 6.52. The van der Waals surface area contributed by atoms with Crippen LogP contribution in [0.1, 0.15) is 38.7 Å². The Kier molecular flexibility index (Phi) is 5.41. The third kappa shape index (κ3) is 5.33. The fourth-order valence-electron chi connectivity index (χ4n) is 2.77. The van der Waals surface area contributed by atoms with Gasteiger partial charge in [-0.15, -0.1) is 0 Å². The predicted molar refractivity (Wildman–Crippen MR) is 82.2 cm³/mol. The third-order valence-electron chi connectivity index (χ3n) is 4.21. The van der Waals surface area contributed by atoms with Crippen LogP contribution in [0.15, 0.2) is 30.3 Å². The zero-order valence-corrected chi connectivity index (χ0v) is 12.5. The lowest BCUT2D eigenvalue weighted by Gasteiger charge is -2.23. The number of nitrogens with one attached hydrogen (secondary N) is 1. The molecule has 106 valence electrons. The van der Waals surface area contributed by atoms with Gasteiger partial charge in [0.05, 0.1) is 0 Å². The van der Waals surface area contributed by atoms with Gasteiger partial charge in [0.15, 0.2) is 0 Å². The molecule has 1 saturated heterocycles. The van der Waals surface area contributed by atoms with Crippen molar-refractivity contribution in [2.75, 3.05) is 26.2 Å². The quantitative estimate of drug-likeness (QED) is 0.817. The number of benzene rings is 1. The van der Waals surface area contributed by atoms with Gasteiger partial charge in [0.1, 0.15) is 0 Å². The molecule has 2 rings (SSSR count). The zero-order chi connectivity index (χ0) is 13.6. The normalized spacial score (nSPS) is 20.1. The van der Waals surface area contributed by atoms with Gasteiger partial charge in [-0.25, -0.2) is 0 Å². The maximum absolute atomic E-state index is 3.55. The van der Waals surface area contributed by atoms with Crippen molar-refractivity contribution in [2.24, 2.45) is 5.41 Å². The number of nitrogens with zero attached hydrogens (tertiary/aromatic N) is 1. The molecule has 0 atom stereocenters. The van der Waals surface area contributed by atoms with E-state index >= 15 is 0 Å². The first kappa shape index (κ1) is 14.5. The van der Waals surface area contributed by atoms with Crippen LogP contribution in [0.3, 0.4) is 0 Å². The second-order valence-corrected chi connectivity index (χ2v) is 6.52. The highest BCUT2D eigenvalue weighted by atomic mass is 15.1. The summed E-state index contributed by atoms with van der Waals surface area (Å²) in [7, 11) is 0. The molecule has 1 aromatic carbocycles. The molecule has 0 aliphatic carbocycles. The molecule has 0 spiro atoms. The van der Waals surface area contributed by atoms with Crippen molar-refractivity contribution in [3.05, 3.63) is 35.9 Å². The molecule has 2 nitrogen and oxygen atoms in total. The lowest BCUT2D eigenvalue weighted by atomic mass is 9.85. The highest BCUT2D eigenvalue weighted by Gasteiger charge is 2.22. The fourth-order valence-corrected chi connectivity index (χ4v) is 2.77. The Bertz CT molecular complexity index is 359. The highest BCUT2D eigenvalue weighted by Crippen LogP contribution is 2.29. The van der Waals surface area contributed by atoms with Crippen LogP contribution < -0.4 is 5.32 Å². The molecule has 1 aromatic rings. The van der Waals surface area contributed by atoms with E-state index < -0.39 is 0 Å². The van der Waals surface area contributed by atoms with E-state index in [0.717, 1.165) is 13.1 Å². The largest absolute Gasteiger partial charge is 0.311 e. The maximum Gasteiger partial charge on any atom is 0.0206 e. The molecule has 0 amide bonds. The Morgan fingerprint density at radius 3 is 2.68 bits per heavy atom. The van der Waals surface area contributed by atoms with E-state index in [9.17, 15) is 0 Å². The van der Waals surface area contributed by atoms with Crippen molar-refractivity contribution in [1.82, 2.24) is 10.2 Å². The van der Waals surface area contributed by atoms with Gasteiger partial charge in [-0.2, -0.15) is 0 Å². The van der Waals surface area contributed by atoms with Gasteiger partial charge in [0, 0.05) is 19.6 Å². The monoisotopic (exact) mass is 260 g/mol. The van der Waals surface area contributed by atoms with Gasteiger partial charge in [0.2, 0.25) is 0 Å². The van der Waals surface area contributed by atoms with E-state index in [0.29, 0.717) is 5.41 Å². The zero-order valence-electron chi connectivity index (χ0n) is 12.5. The molecule has 1 N–H and O–H groups in total.